The third-order valence-corrected chi connectivity index (χ3v) is 6.26. The summed E-state index contributed by atoms with van der Waals surface area (Å²) in [5.41, 5.74) is 4.66. The van der Waals surface area contributed by atoms with Gasteiger partial charge in [-0.1, -0.05) is 66.7 Å². The molecule has 4 aromatic rings. The molecule has 0 bridgehead atoms. The van der Waals surface area contributed by atoms with Crippen molar-refractivity contribution in [3.8, 4) is 28.0 Å². The topological polar surface area (TPSA) is 75.6 Å². The van der Waals surface area contributed by atoms with Crippen LogP contribution in [0.3, 0.4) is 0 Å². The van der Waals surface area contributed by atoms with Crippen LogP contribution in [0.15, 0.2) is 84.2 Å². The lowest BCUT2D eigenvalue weighted by molar-refractivity contribution is -0.116. The van der Waals surface area contributed by atoms with Crippen LogP contribution in [0.4, 0.5) is 5.00 Å². The predicted molar refractivity (Wildman–Crippen MR) is 132 cm³/mol. The molecule has 0 unspecified atom stereocenters. The van der Waals surface area contributed by atoms with Crippen molar-refractivity contribution < 1.29 is 19.4 Å². The average molecular weight is 458 g/mol. The van der Waals surface area contributed by atoms with Crippen LogP contribution in [0.2, 0.25) is 0 Å². The molecule has 0 aliphatic heterocycles. The number of hydrogen-bond acceptors (Lipinski definition) is 4. The lowest BCUT2D eigenvalue weighted by Crippen LogP contribution is -2.14. The molecule has 0 aliphatic carbocycles. The zero-order valence-electron chi connectivity index (χ0n) is 18.1. The van der Waals surface area contributed by atoms with Gasteiger partial charge in [0.1, 0.15) is 16.3 Å². The van der Waals surface area contributed by atoms with Crippen LogP contribution in [-0.4, -0.2) is 24.1 Å². The van der Waals surface area contributed by atoms with Gasteiger partial charge in [-0.25, -0.2) is 4.79 Å². The molecule has 2 N–H and O–H groups in total. The van der Waals surface area contributed by atoms with Gasteiger partial charge < -0.3 is 15.2 Å². The number of ether oxygens (including phenoxy) is 1. The van der Waals surface area contributed by atoms with Crippen molar-refractivity contribution in [2.24, 2.45) is 0 Å². The largest absolute Gasteiger partial charge is 0.497 e. The Morgan fingerprint density at radius 3 is 2.15 bits per heavy atom. The van der Waals surface area contributed by atoms with Gasteiger partial charge in [-0.15, -0.1) is 11.3 Å². The third-order valence-electron chi connectivity index (χ3n) is 5.36. The van der Waals surface area contributed by atoms with Gasteiger partial charge in [0, 0.05) is 17.4 Å². The smallest absolute Gasteiger partial charge is 0.339 e. The van der Waals surface area contributed by atoms with E-state index >= 15 is 0 Å². The van der Waals surface area contributed by atoms with Crippen molar-refractivity contribution in [1.29, 1.82) is 0 Å². The molecule has 0 atom stereocenters. The van der Waals surface area contributed by atoms with Crippen LogP contribution < -0.4 is 10.1 Å². The SMILES string of the molecule is COc1ccc(CCC(=O)Nc2scc(-c3ccc(-c4ccccc4)cc3)c2C(=O)O)cc1. The fraction of sp³-hybridized carbons (Fsp3) is 0.111. The number of aromatic carboxylic acids is 1. The molecule has 1 aromatic heterocycles. The van der Waals surface area contributed by atoms with Gasteiger partial charge >= 0.3 is 5.97 Å². The summed E-state index contributed by atoms with van der Waals surface area (Å²) in [6.45, 7) is 0. The molecular weight excluding hydrogens is 434 g/mol. The second kappa shape index (κ2) is 10.1. The van der Waals surface area contributed by atoms with Crippen molar-refractivity contribution in [3.63, 3.8) is 0 Å². The van der Waals surface area contributed by atoms with Gasteiger partial charge in [-0.05, 0) is 40.8 Å². The Balaban J connectivity index is 1.48. The molecule has 4 rings (SSSR count). The lowest BCUT2D eigenvalue weighted by Gasteiger charge is -2.08. The Morgan fingerprint density at radius 1 is 0.879 bits per heavy atom. The monoisotopic (exact) mass is 457 g/mol. The maximum atomic E-state index is 12.5. The fourth-order valence-corrected chi connectivity index (χ4v) is 4.56. The van der Waals surface area contributed by atoms with Gasteiger partial charge in [-0.2, -0.15) is 0 Å². The average Bonchev–Trinajstić information content (AvgIpc) is 3.27. The van der Waals surface area contributed by atoms with E-state index < -0.39 is 5.97 Å². The Bertz CT molecular complexity index is 1250. The molecule has 0 fully saturated rings. The van der Waals surface area contributed by atoms with Crippen LogP contribution in [0.1, 0.15) is 22.3 Å². The van der Waals surface area contributed by atoms with Crippen molar-refractivity contribution >= 4 is 28.2 Å². The fourth-order valence-electron chi connectivity index (χ4n) is 3.59. The quantitative estimate of drug-likeness (QED) is 0.323. The summed E-state index contributed by atoms with van der Waals surface area (Å²) in [5, 5.41) is 14.8. The number of carboxylic acid groups (broad SMARTS) is 1. The predicted octanol–water partition coefficient (Wildman–Crippen LogP) is 6.36. The molecule has 0 radical (unpaired) electrons. The van der Waals surface area contributed by atoms with Gasteiger partial charge in [0.25, 0.3) is 0 Å². The van der Waals surface area contributed by atoms with Crippen LogP contribution in [-0.2, 0) is 11.2 Å². The highest BCUT2D eigenvalue weighted by Crippen LogP contribution is 2.36. The normalized spacial score (nSPS) is 10.6. The van der Waals surface area contributed by atoms with Gasteiger partial charge in [0.2, 0.25) is 5.91 Å². The number of carbonyl (C=O) groups is 2. The second-order valence-corrected chi connectivity index (χ2v) is 8.38. The first-order chi connectivity index (χ1) is 16.0. The Kier molecular flexibility index (Phi) is 6.86. The van der Waals surface area contributed by atoms with Gasteiger partial charge in [-0.3, -0.25) is 4.79 Å². The number of benzene rings is 3. The number of anilines is 1. The maximum Gasteiger partial charge on any atom is 0.339 e. The summed E-state index contributed by atoms with van der Waals surface area (Å²) in [5.74, 6) is -0.526. The summed E-state index contributed by atoms with van der Waals surface area (Å²) >= 11 is 1.23. The molecule has 0 spiro atoms. The van der Waals surface area contributed by atoms with Crippen LogP contribution in [0.5, 0.6) is 5.75 Å². The summed E-state index contributed by atoms with van der Waals surface area (Å²) in [6.07, 6.45) is 0.807. The Morgan fingerprint density at radius 2 is 1.52 bits per heavy atom. The molecule has 5 nitrogen and oxygen atoms in total. The van der Waals surface area contributed by atoms with E-state index in [4.69, 9.17) is 4.74 Å². The third kappa shape index (κ3) is 5.30. The standard InChI is InChI=1S/C27H23NO4S/c1-32-22-14-7-18(8-15-22)9-16-24(29)28-26-25(27(30)31)23(17-33-26)21-12-10-20(11-13-21)19-5-3-2-4-6-19/h2-8,10-15,17H,9,16H2,1H3,(H,28,29)(H,30,31). The van der Waals surface area contributed by atoms with Crippen molar-refractivity contribution in [1.82, 2.24) is 0 Å². The molecule has 1 heterocycles. The zero-order valence-corrected chi connectivity index (χ0v) is 18.9. The number of amides is 1. The lowest BCUT2D eigenvalue weighted by atomic mass is 9.99. The number of thiophene rings is 1. The number of carboxylic acids is 1. The summed E-state index contributed by atoms with van der Waals surface area (Å²) < 4.78 is 5.14. The second-order valence-electron chi connectivity index (χ2n) is 7.50. The van der Waals surface area contributed by atoms with E-state index in [1.54, 1.807) is 12.5 Å². The first kappa shape index (κ1) is 22.3. The van der Waals surface area contributed by atoms with Crippen molar-refractivity contribution in [2.75, 3.05) is 12.4 Å². The summed E-state index contributed by atoms with van der Waals surface area (Å²) in [4.78, 5) is 24.5. The van der Waals surface area contributed by atoms with Gasteiger partial charge in [0.05, 0.1) is 7.11 Å². The number of hydrogen-bond donors (Lipinski definition) is 2. The minimum atomic E-state index is -1.07. The first-order valence-corrected chi connectivity index (χ1v) is 11.4. The molecular formula is C27H23NO4S. The van der Waals surface area contributed by atoms with Crippen LogP contribution >= 0.6 is 11.3 Å². The van der Waals surface area contributed by atoms with Crippen molar-refractivity contribution in [2.45, 2.75) is 12.8 Å². The van der Waals surface area contributed by atoms with E-state index in [2.05, 4.69) is 5.32 Å². The first-order valence-electron chi connectivity index (χ1n) is 10.5. The Labute approximate surface area is 196 Å². The number of aryl methyl sites for hydroxylation is 1. The highest BCUT2D eigenvalue weighted by Gasteiger charge is 2.21. The maximum absolute atomic E-state index is 12.5. The number of rotatable bonds is 8. The summed E-state index contributed by atoms with van der Waals surface area (Å²) in [6, 6.07) is 25.3. The molecule has 0 aliphatic rings. The molecule has 6 heteroatoms. The van der Waals surface area contributed by atoms with Gasteiger partial charge in [0.15, 0.2) is 0 Å². The van der Waals surface area contributed by atoms with E-state index in [9.17, 15) is 14.7 Å². The highest BCUT2D eigenvalue weighted by molar-refractivity contribution is 7.15. The van der Waals surface area contributed by atoms with Crippen LogP contribution in [0.25, 0.3) is 22.3 Å². The minimum Gasteiger partial charge on any atom is -0.497 e. The zero-order chi connectivity index (χ0) is 23.2. The molecule has 0 saturated carbocycles. The highest BCUT2D eigenvalue weighted by atomic mass is 32.1. The Hall–Kier alpha value is -3.90. The van der Waals surface area contributed by atoms with E-state index in [-0.39, 0.29) is 17.9 Å². The summed E-state index contributed by atoms with van der Waals surface area (Å²) in [7, 11) is 1.61. The molecule has 3 aromatic carbocycles. The van der Waals surface area contributed by atoms with Crippen LogP contribution in [0, 0.1) is 0 Å². The number of nitrogens with one attached hydrogen (secondary N) is 1. The molecule has 33 heavy (non-hydrogen) atoms. The van der Waals surface area contributed by atoms with E-state index in [1.807, 2.05) is 78.9 Å². The van der Waals surface area contributed by atoms with E-state index in [0.29, 0.717) is 17.0 Å². The molecule has 1 amide bonds. The van der Waals surface area contributed by atoms with E-state index in [0.717, 1.165) is 28.0 Å². The molecule has 0 saturated heterocycles. The van der Waals surface area contributed by atoms with E-state index in [1.165, 1.54) is 11.3 Å². The number of methoxy groups -OCH3 is 1. The minimum absolute atomic E-state index is 0.116. The number of carbonyl (C=O) groups excluding carboxylic acids is 1. The van der Waals surface area contributed by atoms with Crippen molar-refractivity contribution in [3.05, 3.63) is 95.4 Å². The molecule has 166 valence electrons.